The molecule has 3 aromatic rings. The minimum Gasteiger partial charge on any atom is -0.497 e. The monoisotopic (exact) mass is 886 g/mol. The molecule has 1 aliphatic carbocycles. The van der Waals surface area contributed by atoms with Gasteiger partial charge in [-0.3, -0.25) is 19.2 Å². The molecule has 5 N–H and O–H groups in total. The topological polar surface area (TPSA) is 191 Å². The van der Waals surface area contributed by atoms with Gasteiger partial charge in [0.1, 0.15) is 42.4 Å². The largest absolute Gasteiger partial charge is 0.497 e. The van der Waals surface area contributed by atoms with Gasteiger partial charge < -0.3 is 45.5 Å². The van der Waals surface area contributed by atoms with Crippen LogP contribution in [-0.4, -0.2) is 97.4 Å². The number of anilines is 1. The number of hydrogen-bond donors (Lipinski definition) is 5. The predicted octanol–water partition coefficient (Wildman–Crippen LogP) is 6.24. The molecule has 15 heteroatoms. The second-order valence-corrected chi connectivity index (χ2v) is 19.2. The molecule has 5 rings (SSSR count). The van der Waals surface area contributed by atoms with E-state index < -0.39 is 35.4 Å². The Hall–Kier alpha value is -5.36. The number of amides is 4. The molecule has 63 heavy (non-hydrogen) atoms. The van der Waals surface area contributed by atoms with Crippen LogP contribution in [0.25, 0.3) is 0 Å². The maximum atomic E-state index is 13.9. The third kappa shape index (κ3) is 12.2. The quantitative estimate of drug-likeness (QED) is 0.0862. The summed E-state index contributed by atoms with van der Waals surface area (Å²) in [5.74, 6) is -0.132. The zero-order valence-electron chi connectivity index (χ0n) is 37.7. The summed E-state index contributed by atoms with van der Waals surface area (Å²) in [5, 5.41) is 32.3. The van der Waals surface area contributed by atoms with Gasteiger partial charge in [-0.25, -0.2) is 0 Å². The van der Waals surface area contributed by atoms with Gasteiger partial charge in [-0.1, -0.05) is 72.2 Å². The van der Waals surface area contributed by atoms with Gasteiger partial charge >= 0.3 is 0 Å². The van der Waals surface area contributed by atoms with Crippen molar-refractivity contribution < 1.29 is 38.5 Å². The van der Waals surface area contributed by atoms with Crippen molar-refractivity contribution in [3.8, 4) is 17.6 Å². The van der Waals surface area contributed by atoms with Gasteiger partial charge in [-0.05, 0) is 78.8 Å². The first kappa shape index (κ1) is 48.7. The fraction of sp³-hybridized carbons (Fsp3) is 0.521. The molecule has 2 fully saturated rings. The summed E-state index contributed by atoms with van der Waals surface area (Å²) in [4.78, 5) is 54.8. The van der Waals surface area contributed by atoms with E-state index in [4.69, 9.17) is 25.8 Å². The van der Waals surface area contributed by atoms with Crippen molar-refractivity contribution in [1.29, 1.82) is 5.26 Å². The number of aliphatic hydroxyl groups excluding tert-OH is 1. The summed E-state index contributed by atoms with van der Waals surface area (Å²) in [5.41, 5.74) is 1.26. The molecule has 1 aliphatic heterocycles. The summed E-state index contributed by atoms with van der Waals surface area (Å²) in [6.45, 7) is 14.9. The minimum atomic E-state index is -0.942. The zero-order chi connectivity index (χ0) is 46.1. The Bertz CT molecular complexity index is 2100. The molecule has 340 valence electrons. The summed E-state index contributed by atoms with van der Waals surface area (Å²) >= 11 is 6.23. The van der Waals surface area contributed by atoms with Crippen molar-refractivity contribution in [2.45, 2.75) is 111 Å². The van der Waals surface area contributed by atoms with Crippen LogP contribution in [0.15, 0.2) is 66.7 Å². The molecule has 1 saturated carbocycles. The summed E-state index contributed by atoms with van der Waals surface area (Å²) < 4.78 is 17.2. The van der Waals surface area contributed by atoms with Crippen LogP contribution < -0.4 is 30.7 Å². The first-order valence-electron chi connectivity index (χ1n) is 21.5. The molecular weight excluding hydrogens is 824 g/mol. The van der Waals surface area contributed by atoms with E-state index in [9.17, 15) is 29.5 Å². The molecule has 4 amide bonds. The molecule has 2 aliphatic rings. The molecular formula is C48H63ClN6O8. The molecule has 1 heterocycles. The average molecular weight is 888 g/mol. The molecule has 3 aromatic carbocycles. The lowest BCUT2D eigenvalue weighted by Crippen LogP contribution is -2.74. The Balaban J connectivity index is 0.990. The number of β-amino-alcohol motifs (C(OH)–C–C–N with tert-alkyl or cyclic N) is 1. The number of halogens is 1. The Kier molecular flexibility index (Phi) is 16.1. The highest BCUT2D eigenvalue weighted by atomic mass is 35.5. The number of unbranched alkanes of at least 4 members (excludes halogenated alkanes) is 2. The lowest BCUT2D eigenvalue weighted by molar-refractivity contribution is -0.164. The van der Waals surface area contributed by atoms with Crippen molar-refractivity contribution in [2.24, 2.45) is 16.2 Å². The van der Waals surface area contributed by atoms with E-state index >= 15 is 0 Å². The Morgan fingerprint density at radius 1 is 0.952 bits per heavy atom. The van der Waals surface area contributed by atoms with Gasteiger partial charge in [0.25, 0.3) is 5.91 Å². The first-order valence-corrected chi connectivity index (χ1v) is 21.9. The van der Waals surface area contributed by atoms with Gasteiger partial charge in [0, 0.05) is 66.9 Å². The van der Waals surface area contributed by atoms with Gasteiger partial charge in [0.2, 0.25) is 17.7 Å². The number of nitrogens with zero attached hydrogens (tertiary/aromatic N) is 2. The number of nitriles is 1. The van der Waals surface area contributed by atoms with Gasteiger partial charge in [-0.2, -0.15) is 5.26 Å². The second kappa shape index (κ2) is 20.9. The van der Waals surface area contributed by atoms with Crippen LogP contribution in [0.5, 0.6) is 11.5 Å². The van der Waals surface area contributed by atoms with Crippen LogP contribution in [0.2, 0.25) is 5.02 Å². The third-order valence-electron chi connectivity index (χ3n) is 12.0. The molecule has 0 aromatic heterocycles. The standard InChI is InChI=1S/C48H63ClN6O8/c1-46(2,3)40(43(60)55-28-34(56)24-38(55)42(59)52-27-30-12-19-35(61-8)20-13-30)53-39(57)29-62-23-11-9-10-22-51-33-17-14-31(15-18-33)41(58)54-44-47(4,5)45(48(44,6)7)63-36-21-16-32(26-50)37(49)25-36/h12-21,25,34,38,40,44-45,51,56H,9-11,22-24,27-29H2,1-8H3,(H,52,59)(H,53,57)(H,54,58)/t34-,38+,40?,44?,45?/m1/s1. The fourth-order valence-electron chi connectivity index (χ4n) is 8.83. The van der Waals surface area contributed by atoms with Gasteiger partial charge in [0.05, 0.1) is 23.8 Å². The van der Waals surface area contributed by atoms with E-state index in [1.807, 2.05) is 45.0 Å². The molecule has 14 nitrogen and oxygen atoms in total. The maximum Gasteiger partial charge on any atom is 0.251 e. The Morgan fingerprint density at radius 3 is 2.24 bits per heavy atom. The van der Waals surface area contributed by atoms with E-state index in [1.54, 1.807) is 49.6 Å². The lowest BCUT2D eigenvalue weighted by Gasteiger charge is -2.63. The van der Waals surface area contributed by atoms with Gasteiger partial charge in [0.15, 0.2) is 0 Å². The van der Waals surface area contributed by atoms with E-state index in [-0.39, 0.29) is 60.9 Å². The predicted molar refractivity (Wildman–Crippen MR) is 241 cm³/mol. The number of rotatable bonds is 19. The van der Waals surface area contributed by atoms with Crippen LogP contribution in [0.4, 0.5) is 5.69 Å². The maximum absolute atomic E-state index is 13.9. The van der Waals surface area contributed by atoms with Crippen LogP contribution >= 0.6 is 11.6 Å². The molecule has 1 saturated heterocycles. The molecule has 0 bridgehead atoms. The van der Waals surface area contributed by atoms with Crippen molar-refractivity contribution in [3.05, 3.63) is 88.4 Å². The number of nitrogens with one attached hydrogen (secondary N) is 4. The third-order valence-corrected chi connectivity index (χ3v) is 12.3. The lowest BCUT2D eigenvalue weighted by atomic mass is 9.49. The highest BCUT2D eigenvalue weighted by molar-refractivity contribution is 6.31. The zero-order valence-corrected chi connectivity index (χ0v) is 38.4. The molecule has 1 unspecified atom stereocenters. The summed E-state index contributed by atoms with van der Waals surface area (Å²) in [7, 11) is 1.58. The number of ether oxygens (including phenoxy) is 3. The summed E-state index contributed by atoms with van der Waals surface area (Å²) in [6, 6.07) is 19.8. The van der Waals surface area contributed by atoms with Crippen LogP contribution in [0, 0.1) is 27.6 Å². The SMILES string of the molecule is COc1ccc(CNC(=O)[C@@H]2C[C@@H](O)CN2C(=O)C(NC(=O)COCCCCCNc2ccc(C(=O)NC3C(C)(C)C(Oc4ccc(C#N)c(Cl)c4)C3(C)C)cc2)C(C)(C)C)cc1. The number of aliphatic hydroxyl groups is 1. The number of methoxy groups -OCH3 is 1. The van der Waals surface area contributed by atoms with E-state index in [1.165, 1.54) is 4.90 Å². The Morgan fingerprint density at radius 2 is 1.62 bits per heavy atom. The minimum absolute atomic E-state index is 0.00827. The van der Waals surface area contributed by atoms with Crippen molar-refractivity contribution >= 4 is 40.9 Å². The van der Waals surface area contributed by atoms with Crippen LogP contribution in [0.3, 0.4) is 0 Å². The van der Waals surface area contributed by atoms with Crippen molar-refractivity contribution in [3.63, 3.8) is 0 Å². The number of carbonyl (C=O) groups excluding carboxylic acids is 4. The summed E-state index contributed by atoms with van der Waals surface area (Å²) in [6.07, 6.45) is 1.48. The first-order chi connectivity index (χ1) is 29.8. The van der Waals surface area contributed by atoms with Crippen LogP contribution in [0.1, 0.15) is 95.6 Å². The van der Waals surface area contributed by atoms with E-state index in [2.05, 4.69) is 55.0 Å². The second-order valence-electron chi connectivity index (χ2n) is 18.7. The fourth-order valence-corrected chi connectivity index (χ4v) is 9.04. The highest BCUT2D eigenvalue weighted by Crippen LogP contribution is 2.55. The van der Waals surface area contributed by atoms with E-state index in [0.29, 0.717) is 40.8 Å². The molecule has 0 radical (unpaired) electrons. The molecule has 3 atom stereocenters. The number of benzene rings is 3. The Labute approximate surface area is 376 Å². The molecule has 0 spiro atoms. The number of likely N-dealkylation sites (tertiary alicyclic amines) is 1. The average Bonchev–Trinajstić information content (AvgIpc) is 3.65. The number of carbonyl (C=O) groups is 4. The van der Waals surface area contributed by atoms with Gasteiger partial charge in [-0.15, -0.1) is 0 Å². The highest BCUT2D eigenvalue weighted by Gasteiger charge is 2.64. The van der Waals surface area contributed by atoms with Crippen LogP contribution in [-0.2, 0) is 25.7 Å². The smallest absolute Gasteiger partial charge is 0.251 e. The van der Waals surface area contributed by atoms with E-state index in [0.717, 1.165) is 30.5 Å². The van der Waals surface area contributed by atoms with Crippen molar-refractivity contribution in [1.82, 2.24) is 20.9 Å². The number of hydrogen-bond acceptors (Lipinski definition) is 10. The normalized spacial score (nSPS) is 20.4. The van der Waals surface area contributed by atoms with Crippen molar-refractivity contribution in [2.75, 3.05) is 38.7 Å².